The summed E-state index contributed by atoms with van der Waals surface area (Å²) in [5.41, 5.74) is 0.484. The molecule has 3 heterocycles. The Morgan fingerprint density at radius 2 is 1.84 bits per heavy atom. The van der Waals surface area contributed by atoms with Gasteiger partial charge < -0.3 is 19.8 Å². The number of nitrogens with zero attached hydrogens (tertiary/aromatic N) is 3. The largest absolute Gasteiger partial charge is 0.394 e. The average Bonchev–Trinajstić information content (AvgIpc) is 3.52. The number of aliphatic hydroxyl groups is 1. The Labute approximate surface area is 230 Å². The molecule has 3 amide bonds. The van der Waals surface area contributed by atoms with Gasteiger partial charge in [-0.3, -0.25) is 14.4 Å². The number of hydrogen-bond donors (Lipinski definition) is 1. The molecule has 7 nitrogen and oxygen atoms in total. The molecule has 1 N–H and O–H groups in total. The highest BCUT2D eigenvalue weighted by atomic mass is 32.2. The maximum atomic E-state index is 14.5. The molecule has 3 aliphatic heterocycles. The van der Waals surface area contributed by atoms with Gasteiger partial charge in [0.1, 0.15) is 6.04 Å². The van der Waals surface area contributed by atoms with E-state index in [1.54, 1.807) is 45.7 Å². The lowest BCUT2D eigenvalue weighted by atomic mass is 9.70. The van der Waals surface area contributed by atoms with E-state index in [4.69, 9.17) is 0 Å². The second-order valence-electron chi connectivity index (χ2n) is 11.7. The van der Waals surface area contributed by atoms with Crippen LogP contribution in [0.25, 0.3) is 0 Å². The van der Waals surface area contributed by atoms with Crippen LogP contribution in [0.15, 0.2) is 55.6 Å². The molecule has 1 aromatic carbocycles. The Bertz CT molecular complexity index is 1090. The minimum atomic E-state index is -0.766. The fraction of sp³-hybridized carbons (Fsp3) is 0.567. The number of benzene rings is 1. The van der Waals surface area contributed by atoms with Gasteiger partial charge in [-0.25, -0.2) is 0 Å². The molecule has 0 aromatic heterocycles. The average molecular weight is 540 g/mol. The van der Waals surface area contributed by atoms with Gasteiger partial charge in [-0.1, -0.05) is 42.5 Å². The summed E-state index contributed by atoms with van der Waals surface area (Å²) in [6.45, 7) is 14.0. The van der Waals surface area contributed by atoms with Crippen LogP contribution in [0, 0.1) is 11.8 Å². The first-order chi connectivity index (χ1) is 18.0. The number of likely N-dealkylation sites (tertiary alicyclic amines) is 1. The summed E-state index contributed by atoms with van der Waals surface area (Å²) in [6, 6.07) is 8.38. The SMILES string of the molecule is C=CCN(C)C(=O)[C@@H]1[C@@H]2CCC3(S2)C(C(=O)N(CC=C)C(C)(C)C)N([C@@H](CO)Cc2ccccc2)C(=O)[C@H]13. The molecule has 1 aromatic rings. The first-order valence-electron chi connectivity index (χ1n) is 13.4. The summed E-state index contributed by atoms with van der Waals surface area (Å²) in [6.07, 6.45) is 5.29. The molecule has 3 fully saturated rings. The number of fused-ring (bicyclic) bond motifs is 1. The highest BCUT2D eigenvalue weighted by molar-refractivity contribution is 8.02. The van der Waals surface area contributed by atoms with Crippen molar-refractivity contribution in [3.05, 3.63) is 61.2 Å². The van der Waals surface area contributed by atoms with Crippen LogP contribution in [0.5, 0.6) is 0 Å². The summed E-state index contributed by atoms with van der Waals surface area (Å²) in [7, 11) is 1.74. The highest BCUT2D eigenvalue weighted by Crippen LogP contribution is 2.67. The Balaban J connectivity index is 1.81. The van der Waals surface area contributed by atoms with Crippen molar-refractivity contribution in [2.75, 3.05) is 26.7 Å². The maximum absolute atomic E-state index is 14.5. The third-order valence-corrected chi connectivity index (χ3v) is 10.3. The monoisotopic (exact) mass is 539 g/mol. The van der Waals surface area contributed by atoms with Gasteiger partial charge >= 0.3 is 0 Å². The number of likely N-dealkylation sites (N-methyl/N-ethyl adjacent to an activating group) is 1. The van der Waals surface area contributed by atoms with E-state index in [-0.39, 0.29) is 29.6 Å². The van der Waals surface area contributed by atoms with Crippen molar-refractivity contribution < 1.29 is 19.5 Å². The van der Waals surface area contributed by atoms with Gasteiger partial charge in [0.05, 0.1) is 29.2 Å². The minimum Gasteiger partial charge on any atom is -0.394 e. The van der Waals surface area contributed by atoms with Crippen LogP contribution in [-0.2, 0) is 20.8 Å². The van der Waals surface area contributed by atoms with Gasteiger partial charge in [-0.05, 0) is 45.6 Å². The standard InChI is InChI=1S/C30H41N3O4S/c1-7-16-31(6)26(35)23-22-14-15-30(38-22)24(23)27(36)33(21(19-34)18-20-12-10-9-11-13-20)25(30)28(37)32(17-8-2)29(3,4)5/h7-13,21-25,34H,1-2,14-19H2,3-6H3/t21-,22+,23-,24+,25?,30?/m1/s1. The first kappa shape index (κ1) is 28.4. The molecule has 3 saturated heterocycles. The number of rotatable bonds is 10. The Kier molecular flexibility index (Phi) is 8.15. The number of carbonyl (C=O) groups is 3. The second-order valence-corrected chi connectivity index (χ2v) is 13.3. The van der Waals surface area contributed by atoms with Crippen LogP contribution in [0.2, 0.25) is 0 Å². The van der Waals surface area contributed by atoms with Gasteiger partial charge in [0.2, 0.25) is 17.7 Å². The zero-order valence-electron chi connectivity index (χ0n) is 23.0. The topological polar surface area (TPSA) is 81.2 Å². The summed E-state index contributed by atoms with van der Waals surface area (Å²) in [5, 5.41) is 10.6. The van der Waals surface area contributed by atoms with Crippen molar-refractivity contribution in [2.24, 2.45) is 11.8 Å². The quantitative estimate of drug-likeness (QED) is 0.462. The first-order valence-corrected chi connectivity index (χ1v) is 14.3. The summed E-state index contributed by atoms with van der Waals surface area (Å²) >= 11 is 1.65. The van der Waals surface area contributed by atoms with Crippen molar-refractivity contribution in [3.8, 4) is 0 Å². The zero-order chi connectivity index (χ0) is 27.8. The predicted molar refractivity (Wildman–Crippen MR) is 151 cm³/mol. The normalized spacial score (nSPS) is 28.7. The number of carbonyl (C=O) groups excluding carboxylic acids is 3. The van der Waals surface area contributed by atoms with Crippen molar-refractivity contribution in [1.29, 1.82) is 0 Å². The molecule has 2 bridgehead atoms. The zero-order valence-corrected chi connectivity index (χ0v) is 23.8. The van der Waals surface area contributed by atoms with Gasteiger partial charge in [-0.2, -0.15) is 0 Å². The summed E-state index contributed by atoms with van der Waals surface area (Å²) < 4.78 is -0.705. The molecular formula is C30H41N3O4S. The Hall–Kier alpha value is -2.58. The molecule has 4 rings (SSSR count). The molecule has 38 heavy (non-hydrogen) atoms. The molecule has 2 unspecified atom stereocenters. The van der Waals surface area contributed by atoms with Gasteiger partial charge in [0.15, 0.2) is 0 Å². The fourth-order valence-electron chi connectivity index (χ4n) is 6.69. The highest BCUT2D eigenvalue weighted by Gasteiger charge is 2.74. The van der Waals surface area contributed by atoms with E-state index in [0.717, 1.165) is 12.0 Å². The summed E-state index contributed by atoms with van der Waals surface area (Å²) in [5.74, 6) is -1.50. The van der Waals surface area contributed by atoms with E-state index in [1.807, 2.05) is 51.1 Å². The third kappa shape index (κ3) is 4.70. The van der Waals surface area contributed by atoms with Crippen molar-refractivity contribution in [1.82, 2.24) is 14.7 Å². The van der Waals surface area contributed by atoms with Crippen molar-refractivity contribution in [3.63, 3.8) is 0 Å². The number of aliphatic hydroxyl groups excluding tert-OH is 1. The molecular weight excluding hydrogens is 498 g/mol. The van der Waals surface area contributed by atoms with E-state index in [2.05, 4.69) is 13.2 Å². The lowest BCUT2D eigenvalue weighted by Crippen LogP contribution is -2.61. The molecule has 8 heteroatoms. The van der Waals surface area contributed by atoms with E-state index in [9.17, 15) is 19.5 Å². The smallest absolute Gasteiger partial charge is 0.247 e. The van der Waals surface area contributed by atoms with Crippen LogP contribution >= 0.6 is 11.8 Å². The lowest BCUT2D eigenvalue weighted by Gasteiger charge is -2.43. The van der Waals surface area contributed by atoms with E-state index < -0.39 is 34.2 Å². The van der Waals surface area contributed by atoms with Crippen LogP contribution in [0.1, 0.15) is 39.2 Å². The molecule has 1 spiro atoms. The lowest BCUT2D eigenvalue weighted by molar-refractivity contribution is -0.148. The molecule has 3 aliphatic rings. The van der Waals surface area contributed by atoms with E-state index in [0.29, 0.717) is 25.9 Å². The van der Waals surface area contributed by atoms with Crippen molar-refractivity contribution >= 4 is 29.5 Å². The molecule has 206 valence electrons. The number of amides is 3. The molecule has 0 aliphatic carbocycles. The van der Waals surface area contributed by atoms with Crippen LogP contribution in [0.3, 0.4) is 0 Å². The van der Waals surface area contributed by atoms with Crippen LogP contribution < -0.4 is 0 Å². The van der Waals surface area contributed by atoms with Gasteiger partial charge in [0, 0.05) is 30.9 Å². The van der Waals surface area contributed by atoms with E-state index in [1.165, 1.54) is 0 Å². The summed E-state index contributed by atoms with van der Waals surface area (Å²) in [4.78, 5) is 47.7. The molecule has 0 saturated carbocycles. The third-order valence-electron chi connectivity index (χ3n) is 8.34. The Morgan fingerprint density at radius 1 is 1.18 bits per heavy atom. The second kappa shape index (κ2) is 10.9. The number of thioether (sulfide) groups is 1. The fourth-order valence-corrected chi connectivity index (χ4v) is 8.88. The van der Waals surface area contributed by atoms with Crippen LogP contribution in [0.4, 0.5) is 0 Å². The number of hydrogen-bond acceptors (Lipinski definition) is 5. The van der Waals surface area contributed by atoms with Crippen LogP contribution in [-0.4, -0.2) is 91.9 Å². The minimum absolute atomic E-state index is 0.00893. The predicted octanol–water partition coefficient (Wildman–Crippen LogP) is 3.14. The Morgan fingerprint density at radius 3 is 2.42 bits per heavy atom. The van der Waals surface area contributed by atoms with Crippen molar-refractivity contribution in [2.45, 2.75) is 67.7 Å². The molecule has 6 atom stereocenters. The van der Waals surface area contributed by atoms with Gasteiger partial charge in [0.25, 0.3) is 0 Å². The van der Waals surface area contributed by atoms with Gasteiger partial charge in [-0.15, -0.1) is 24.9 Å². The van der Waals surface area contributed by atoms with E-state index >= 15 is 0 Å². The molecule has 0 radical (unpaired) electrons. The maximum Gasteiger partial charge on any atom is 0.247 e.